The quantitative estimate of drug-likeness (QED) is 0.251. The van der Waals surface area contributed by atoms with Gasteiger partial charge in [-0.3, -0.25) is 0 Å². The first-order valence-corrected chi connectivity index (χ1v) is 12.6. The Morgan fingerprint density at radius 1 is 0.486 bits per heavy atom. The van der Waals surface area contributed by atoms with E-state index in [4.69, 9.17) is 0 Å². The van der Waals surface area contributed by atoms with E-state index in [1.54, 1.807) is 0 Å². The Balaban J connectivity index is 1.55. The summed E-state index contributed by atoms with van der Waals surface area (Å²) >= 11 is 1.85. The number of thiophene rings is 1. The van der Waals surface area contributed by atoms with Gasteiger partial charge in [0.05, 0.1) is 22.7 Å². The normalized spacial score (nSPS) is 13.1. The highest BCUT2D eigenvalue weighted by Crippen LogP contribution is 2.48. The fourth-order valence-electron chi connectivity index (χ4n) is 5.11. The lowest BCUT2D eigenvalue weighted by molar-refractivity contribution is 0.994. The largest absolute Gasteiger partial charge is 0.248 e. The van der Waals surface area contributed by atoms with Crippen molar-refractivity contribution in [2.75, 3.05) is 10.0 Å². The number of hydrogen-bond acceptors (Lipinski definition) is 3. The van der Waals surface area contributed by atoms with Crippen molar-refractivity contribution in [3.05, 3.63) is 139 Å². The predicted octanol–water partition coefficient (Wildman–Crippen LogP) is 9.32. The molecule has 0 aliphatic carbocycles. The van der Waals surface area contributed by atoms with Crippen LogP contribution in [0.1, 0.15) is 11.1 Å². The molecule has 0 spiro atoms. The van der Waals surface area contributed by atoms with Crippen molar-refractivity contribution in [3.63, 3.8) is 0 Å². The van der Waals surface area contributed by atoms with E-state index in [0.29, 0.717) is 0 Å². The van der Waals surface area contributed by atoms with Crippen molar-refractivity contribution in [1.82, 2.24) is 0 Å². The van der Waals surface area contributed by atoms with Crippen LogP contribution in [0.25, 0.3) is 25.7 Å². The topological polar surface area (TPSA) is 6.48 Å². The number of fused-ring (bicyclic) bond motifs is 5. The zero-order chi connectivity index (χ0) is 23.4. The molecule has 35 heavy (non-hydrogen) atoms. The van der Waals surface area contributed by atoms with Gasteiger partial charge >= 0.3 is 0 Å². The molecule has 0 saturated carbocycles. The molecule has 0 unspecified atom stereocenters. The van der Waals surface area contributed by atoms with Crippen LogP contribution in [0.2, 0.25) is 0 Å². The summed E-state index contributed by atoms with van der Waals surface area (Å²) in [6.45, 7) is 4.54. The molecular weight excluding hydrogens is 444 g/mol. The van der Waals surface area contributed by atoms with E-state index in [1.807, 2.05) is 11.3 Å². The molecule has 3 heteroatoms. The minimum Gasteiger partial charge on any atom is -0.248 e. The van der Waals surface area contributed by atoms with Gasteiger partial charge in [0.25, 0.3) is 0 Å². The van der Waals surface area contributed by atoms with Crippen LogP contribution in [-0.2, 0) is 0 Å². The third-order valence-electron chi connectivity index (χ3n) is 6.72. The van der Waals surface area contributed by atoms with Gasteiger partial charge in [-0.05, 0) is 48.0 Å². The van der Waals surface area contributed by atoms with Crippen LogP contribution in [0.4, 0.5) is 22.7 Å². The Morgan fingerprint density at radius 3 is 1.80 bits per heavy atom. The lowest BCUT2D eigenvalue weighted by Crippen LogP contribution is -2.35. The van der Waals surface area contributed by atoms with E-state index in [9.17, 15) is 0 Å². The molecule has 7 rings (SSSR count). The predicted molar refractivity (Wildman–Crippen MR) is 151 cm³/mol. The van der Waals surface area contributed by atoms with Crippen LogP contribution < -0.4 is 10.0 Å². The molecule has 1 aliphatic rings. The van der Waals surface area contributed by atoms with Crippen LogP contribution in [0, 0.1) is 0 Å². The highest BCUT2D eigenvalue weighted by Gasteiger charge is 2.30. The fourth-order valence-corrected chi connectivity index (χ4v) is 6.25. The summed E-state index contributed by atoms with van der Waals surface area (Å²) in [5.41, 5.74) is 7.73. The highest BCUT2D eigenvalue weighted by molar-refractivity contribution is 7.25. The Bertz CT molecular complexity index is 1730. The number of hydrazine groups is 1. The Morgan fingerprint density at radius 2 is 1.06 bits per heavy atom. The Hall–Kier alpha value is -4.34. The molecule has 166 valence electrons. The molecule has 1 aliphatic heterocycles. The first-order valence-electron chi connectivity index (χ1n) is 11.7. The smallest absolute Gasteiger partial charge is 0.0715 e. The average Bonchev–Trinajstić information content (AvgIpc) is 3.25. The molecular formula is C32H22N2S. The van der Waals surface area contributed by atoms with Crippen molar-refractivity contribution in [2.24, 2.45) is 0 Å². The lowest BCUT2D eigenvalue weighted by Gasteiger charge is -2.38. The van der Waals surface area contributed by atoms with Crippen LogP contribution in [-0.4, -0.2) is 0 Å². The molecule has 0 saturated heterocycles. The molecule has 0 N–H and O–H groups in total. The molecule has 0 atom stereocenters. The van der Waals surface area contributed by atoms with Gasteiger partial charge < -0.3 is 0 Å². The van der Waals surface area contributed by atoms with E-state index < -0.39 is 0 Å². The summed E-state index contributed by atoms with van der Waals surface area (Å²) in [6, 6.07) is 43.2. The van der Waals surface area contributed by atoms with Crippen LogP contribution in [0.5, 0.6) is 0 Å². The second kappa shape index (κ2) is 7.86. The van der Waals surface area contributed by atoms with Crippen molar-refractivity contribution >= 4 is 59.8 Å². The standard InChI is InChI=1S/C32H22N2S/c1-22-25-13-5-8-16-29(25)33(23-11-3-2-4-12-23)34(30-17-9-6-14-26(22)30)24-19-20-28-27-15-7-10-18-31(27)35-32(28)21-24/h2-21H,1H2. The van der Waals surface area contributed by atoms with Gasteiger partial charge in [0, 0.05) is 31.3 Å². The van der Waals surface area contributed by atoms with E-state index in [-0.39, 0.29) is 0 Å². The second-order valence-electron chi connectivity index (χ2n) is 8.75. The summed E-state index contributed by atoms with van der Waals surface area (Å²) < 4.78 is 2.60. The van der Waals surface area contributed by atoms with E-state index in [1.165, 1.54) is 20.2 Å². The first kappa shape index (κ1) is 20.1. The van der Waals surface area contributed by atoms with Crippen molar-refractivity contribution in [2.45, 2.75) is 0 Å². The fraction of sp³-hybridized carbons (Fsp3) is 0. The maximum Gasteiger partial charge on any atom is 0.0715 e. The molecule has 0 radical (unpaired) electrons. The van der Waals surface area contributed by atoms with Crippen LogP contribution >= 0.6 is 11.3 Å². The summed E-state index contributed by atoms with van der Waals surface area (Å²) in [4.78, 5) is 0. The first-order chi connectivity index (χ1) is 17.3. The molecule has 6 aromatic rings. The van der Waals surface area contributed by atoms with Gasteiger partial charge in [0.15, 0.2) is 0 Å². The van der Waals surface area contributed by atoms with E-state index in [0.717, 1.165) is 39.4 Å². The van der Waals surface area contributed by atoms with Gasteiger partial charge in [-0.25, -0.2) is 10.0 Å². The monoisotopic (exact) mass is 466 g/mol. The maximum absolute atomic E-state index is 4.54. The third-order valence-corrected chi connectivity index (χ3v) is 7.86. The van der Waals surface area contributed by atoms with Crippen LogP contribution in [0.3, 0.4) is 0 Å². The summed E-state index contributed by atoms with van der Waals surface area (Å²) in [5, 5.41) is 7.27. The van der Waals surface area contributed by atoms with Gasteiger partial charge in [-0.1, -0.05) is 85.4 Å². The van der Waals surface area contributed by atoms with E-state index >= 15 is 0 Å². The second-order valence-corrected chi connectivity index (χ2v) is 9.83. The zero-order valence-corrected chi connectivity index (χ0v) is 19.9. The van der Waals surface area contributed by atoms with Crippen LogP contribution in [0.15, 0.2) is 128 Å². The summed E-state index contributed by atoms with van der Waals surface area (Å²) in [5.74, 6) is 0. The number of benzene rings is 5. The van der Waals surface area contributed by atoms with Gasteiger partial charge in [-0.2, -0.15) is 0 Å². The number of anilines is 4. The molecule has 0 amide bonds. The summed E-state index contributed by atoms with van der Waals surface area (Å²) in [6.07, 6.45) is 0. The maximum atomic E-state index is 4.54. The minimum absolute atomic E-state index is 1.03. The molecule has 5 aromatic carbocycles. The molecule has 1 aromatic heterocycles. The molecule has 0 bridgehead atoms. The zero-order valence-electron chi connectivity index (χ0n) is 19.1. The number of para-hydroxylation sites is 3. The molecule has 2 nitrogen and oxygen atoms in total. The average molecular weight is 467 g/mol. The van der Waals surface area contributed by atoms with Crippen molar-refractivity contribution in [1.29, 1.82) is 0 Å². The van der Waals surface area contributed by atoms with Gasteiger partial charge in [-0.15, -0.1) is 11.3 Å². The van der Waals surface area contributed by atoms with Crippen molar-refractivity contribution in [3.8, 4) is 0 Å². The molecule has 0 fully saturated rings. The Kier molecular flexibility index (Phi) is 4.51. The summed E-state index contributed by atoms with van der Waals surface area (Å²) in [7, 11) is 0. The lowest BCUT2D eigenvalue weighted by atomic mass is 9.97. The SMILES string of the molecule is C=C1c2ccccc2N(c2ccccc2)N(c2ccc3c(c2)sc2ccccc23)c2ccccc21. The number of hydrogen-bond donors (Lipinski definition) is 0. The third kappa shape index (κ3) is 3.09. The van der Waals surface area contributed by atoms with E-state index in [2.05, 4.69) is 138 Å². The minimum atomic E-state index is 1.03. The van der Waals surface area contributed by atoms with Gasteiger partial charge in [0.1, 0.15) is 0 Å². The Labute approximate surface area is 208 Å². The van der Waals surface area contributed by atoms with Gasteiger partial charge in [0.2, 0.25) is 0 Å². The highest BCUT2D eigenvalue weighted by atomic mass is 32.1. The van der Waals surface area contributed by atoms with Crippen molar-refractivity contribution < 1.29 is 0 Å². The number of rotatable bonds is 2. The number of nitrogens with zero attached hydrogens (tertiary/aromatic N) is 2. The molecule has 2 heterocycles.